The standard InChI is InChI=1S/C12H12F3N3S2/c1-2-10-17-11(20-18-10)19-8-3-4-9(12(13,14)15)7(5-8)6-16/h3-5H,2,6,16H2,1H3. The van der Waals surface area contributed by atoms with E-state index in [9.17, 15) is 13.2 Å². The summed E-state index contributed by atoms with van der Waals surface area (Å²) in [6.07, 6.45) is -3.64. The van der Waals surface area contributed by atoms with Crippen molar-refractivity contribution >= 4 is 23.3 Å². The first-order chi connectivity index (χ1) is 9.44. The van der Waals surface area contributed by atoms with Crippen LogP contribution in [0.15, 0.2) is 27.4 Å². The van der Waals surface area contributed by atoms with E-state index in [-0.39, 0.29) is 12.1 Å². The van der Waals surface area contributed by atoms with Gasteiger partial charge < -0.3 is 5.73 Å². The first kappa shape index (κ1) is 15.3. The number of rotatable bonds is 4. The van der Waals surface area contributed by atoms with Gasteiger partial charge in [0.05, 0.1) is 5.56 Å². The first-order valence-electron chi connectivity index (χ1n) is 5.84. The zero-order valence-electron chi connectivity index (χ0n) is 10.6. The van der Waals surface area contributed by atoms with Crippen molar-refractivity contribution in [3.05, 3.63) is 35.2 Å². The fourth-order valence-electron chi connectivity index (χ4n) is 1.60. The number of halogens is 3. The predicted octanol–water partition coefficient (Wildman–Crippen LogP) is 3.73. The van der Waals surface area contributed by atoms with Gasteiger partial charge in [0.15, 0.2) is 4.34 Å². The van der Waals surface area contributed by atoms with Gasteiger partial charge in [-0.3, -0.25) is 0 Å². The molecule has 0 aliphatic carbocycles. The van der Waals surface area contributed by atoms with Gasteiger partial charge in [-0.1, -0.05) is 18.7 Å². The highest BCUT2D eigenvalue weighted by atomic mass is 32.2. The molecule has 8 heteroatoms. The predicted molar refractivity (Wildman–Crippen MR) is 72.7 cm³/mol. The summed E-state index contributed by atoms with van der Waals surface area (Å²) in [6, 6.07) is 3.95. The van der Waals surface area contributed by atoms with Crippen molar-refractivity contribution in [1.82, 2.24) is 9.36 Å². The second-order valence-corrected chi connectivity index (χ2v) is 6.03. The number of nitrogens with two attached hydrogens (primary N) is 1. The van der Waals surface area contributed by atoms with Crippen LogP contribution in [0.1, 0.15) is 23.9 Å². The molecule has 0 radical (unpaired) electrons. The Morgan fingerprint density at radius 3 is 2.65 bits per heavy atom. The lowest BCUT2D eigenvalue weighted by Gasteiger charge is -2.12. The van der Waals surface area contributed by atoms with E-state index in [2.05, 4.69) is 9.36 Å². The lowest BCUT2D eigenvalue weighted by atomic mass is 10.1. The van der Waals surface area contributed by atoms with E-state index >= 15 is 0 Å². The lowest BCUT2D eigenvalue weighted by molar-refractivity contribution is -0.138. The van der Waals surface area contributed by atoms with E-state index in [0.717, 1.165) is 18.3 Å². The van der Waals surface area contributed by atoms with Crippen molar-refractivity contribution in [2.24, 2.45) is 5.73 Å². The van der Waals surface area contributed by atoms with Gasteiger partial charge in [0, 0.05) is 17.9 Å². The maximum absolute atomic E-state index is 12.8. The molecule has 0 fully saturated rings. The molecule has 0 aliphatic rings. The number of aromatic nitrogens is 2. The second-order valence-electron chi connectivity index (χ2n) is 3.95. The average molecular weight is 319 g/mol. The summed E-state index contributed by atoms with van der Waals surface area (Å²) in [5.74, 6) is 0.739. The Morgan fingerprint density at radius 1 is 1.35 bits per heavy atom. The maximum Gasteiger partial charge on any atom is 0.416 e. The molecular weight excluding hydrogens is 307 g/mol. The van der Waals surface area contributed by atoms with E-state index in [0.29, 0.717) is 9.24 Å². The molecule has 108 valence electrons. The van der Waals surface area contributed by atoms with Gasteiger partial charge in [0.25, 0.3) is 0 Å². The Balaban J connectivity index is 2.25. The van der Waals surface area contributed by atoms with Crippen LogP contribution in [0.25, 0.3) is 0 Å². The molecule has 0 unspecified atom stereocenters. The smallest absolute Gasteiger partial charge is 0.326 e. The molecule has 3 nitrogen and oxygen atoms in total. The molecule has 0 saturated heterocycles. The Labute approximate surface area is 122 Å². The number of aryl methyl sites for hydroxylation is 1. The summed E-state index contributed by atoms with van der Waals surface area (Å²) in [5.41, 5.74) is 4.80. The summed E-state index contributed by atoms with van der Waals surface area (Å²) in [4.78, 5) is 4.95. The van der Waals surface area contributed by atoms with Crippen LogP contribution in [-0.2, 0) is 19.1 Å². The molecule has 20 heavy (non-hydrogen) atoms. The molecule has 1 heterocycles. The fourth-order valence-corrected chi connectivity index (χ4v) is 3.34. The highest BCUT2D eigenvalue weighted by Crippen LogP contribution is 2.36. The Bertz CT molecular complexity index is 596. The largest absolute Gasteiger partial charge is 0.416 e. The third-order valence-electron chi connectivity index (χ3n) is 2.57. The highest BCUT2D eigenvalue weighted by molar-refractivity contribution is 8.01. The van der Waals surface area contributed by atoms with Crippen molar-refractivity contribution in [3.8, 4) is 0 Å². The van der Waals surface area contributed by atoms with E-state index in [1.807, 2.05) is 6.92 Å². The van der Waals surface area contributed by atoms with Gasteiger partial charge in [0.2, 0.25) is 0 Å². The Kier molecular flexibility index (Phi) is 4.66. The quantitative estimate of drug-likeness (QED) is 0.933. The average Bonchev–Trinajstić information content (AvgIpc) is 2.85. The molecule has 0 saturated carbocycles. The van der Waals surface area contributed by atoms with Crippen molar-refractivity contribution in [1.29, 1.82) is 0 Å². The van der Waals surface area contributed by atoms with Crippen LogP contribution >= 0.6 is 23.3 Å². The monoisotopic (exact) mass is 319 g/mol. The Hall–Kier alpha value is -1.12. The van der Waals surface area contributed by atoms with E-state index in [1.54, 1.807) is 0 Å². The number of hydrogen-bond acceptors (Lipinski definition) is 5. The van der Waals surface area contributed by atoms with Crippen LogP contribution in [0.3, 0.4) is 0 Å². The zero-order chi connectivity index (χ0) is 14.8. The van der Waals surface area contributed by atoms with Gasteiger partial charge in [-0.25, -0.2) is 4.98 Å². The van der Waals surface area contributed by atoms with E-state index < -0.39 is 11.7 Å². The zero-order valence-corrected chi connectivity index (χ0v) is 12.2. The molecule has 1 aromatic carbocycles. The fraction of sp³-hybridized carbons (Fsp3) is 0.333. The van der Waals surface area contributed by atoms with E-state index in [4.69, 9.17) is 5.73 Å². The number of hydrogen-bond donors (Lipinski definition) is 1. The number of alkyl halides is 3. The van der Waals surface area contributed by atoms with Crippen LogP contribution in [-0.4, -0.2) is 9.36 Å². The van der Waals surface area contributed by atoms with Gasteiger partial charge in [-0.05, 0) is 35.3 Å². The number of nitrogens with zero attached hydrogens (tertiary/aromatic N) is 2. The highest BCUT2D eigenvalue weighted by Gasteiger charge is 2.32. The second kappa shape index (κ2) is 6.11. The van der Waals surface area contributed by atoms with Crippen molar-refractivity contribution < 1.29 is 13.2 Å². The third kappa shape index (κ3) is 3.50. The summed E-state index contributed by atoms with van der Waals surface area (Å²) in [5, 5.41) is 0. The van der Waals surface area contributed by atoms with E-state index in [1.165, 1.54) is 35.4 Å². The van der Waals surface area contributed by atoms with Crippen LogP contribution in [0.5, 0.6) is 0 Å². The molecule has 2 N–H and O–H groups in total. The van der Waals surface area contributed by atoms with Crippen LogP contribution < -0.4 is 5.73 Å². The molecule has 2 aromatic rings. The lowest BCUT2D eigenvalue weighted by Crippen LogP contribution is -2.11. The molecular formula is C12H12F3N3S2. The maximum atomic E-state index is 12.8. The number of benzene rings is 1. The molecule has 0 atom stereocenters. The minimum Gasteiger partial charge on any atom is -0.326 e. The Morgan fingerprint density at radius 2 is 2.10 bits per heavy atom. The van der Waals surface area contributed by atoms with Crippen LogP contribution in [0.4, 0.5) is 13.2 Å². The first-order valence-corrected chi connectivity index (χ1v) is 7.43. The third-order valence-corrected chi connectivity index (χ3v) is 4.35. The van der Waals surface area contributed by atoms with Crippen molar-refractivity contribution in [2.45, 2.75) is 35.3 Å². The van der Waals surface area contributed by atoms with Crippen LogP contribution in [0, 0.1) is 0 Å². The molecule has 0 amide bonds. The van der Waals surface area contributed by atoms with Gasteiger partial charge in [-0.15, -0.1) is 0 Å². The van der Waals surface area contributed by atoms with Gasteiger partial charge in [-0.2, -0.15) is 17.5 Å². The summed E-state index contributed by atoms with van der Waals surface area (Å²) >= 11 is 2.54. The molecule has 0 bridgehead atoms. The minimum atomic E-state index is -4.38. The molecule has 0 aliphatic heterocycles. The topological polar surface area (TPSA) is 51.8 Å². The SMILES string of the molecule is CCc1nsc(Sc2ccc(C(F)(F)F)c(CN)c2)n1. The van der Waals surface area contributed by atoms with Gasteiger partial charge >= 0.3 is 6.18 Å². The molecule has 1 aromatic heterocycles. The summed E-state index contributed by atoms with van der Waals surface area (Å²) < 4.78 is 43.1. The van der Waals surface area contributed by atoms with Crippen LogP contribution in [0.2, 0.25) is 0 Å². The van der Waals surface area contributed by atoms with Crippen molar-refractivity contribution in [2.75, 3.05) is 0 Å². The van der Waals surface area contributed by atoms with Crippen molar-refractivity contribution in [3.63, 3.8) is 0 Å². The minimum absolute atomic E-state index is 0.0859. The van der Waals surface area contributed by atoms with Gasteiger partial charge in [0.1, 0.15) is 5.82 Å². The molecule has 2 rings (SSSR count). The summed E-state index contributed by atoms with van der Waals surface area (Å²) in [6.45, 7) is 1.79. The normalized spacial score (nSPS) is 11.8. The molecule has 0 spiro atoms. The summed E-state index contributed by atoms with van der Waals surface area (Å²) in [7, 11) is 0.